The lowest BCUT2D eigenvalue weighted by atomic mass is 10.0. The van der Waals surface area contributed by atoms with Crippen molar-refractivity contribution in [3.05, 3.63) is 0 Å². The fourth-order valence-corrected chi connectivity index (χ4v) is 1.70. The Labute approximate surface area is 127 Å². The van der Waals surface area contributed by atoms with Crippen LogP contribution in [0, 0.1) is 5.92 Å². The molecule has 0 spiro atoms. The van der Waals surface area contributed by atoms with Crippen LogP contribution in [0.25, 0.3) is 0 Å². The van der Waals surface area contributed by atoms with Gasteiger partial charge in [-0.25, -0.2) is 4.79 Å². The van der Waals surface area contributed by atoms with Crippen LogP contribution in [0.5, 0.6) is 0 Å². The standard InChI is InChI=1S/C15H29NO5/c1-11(2)9-12(10-20-13(18)7-6-8-17)16-14(19)21-15(3,4)5/h11-12,17H,6-10H2,1-5H3,(H,16,19). The van der Waals surface area contributed by atoms with Crippen LogP contribution in [0.4, 0.5) is 4.79 Å². The van der Waals surface area contributed by atoms with Gasteiger partial charge in [-0.1, -0.05) is 13.8 Å². The highest BCUT2D eigenvalue weighted by Crippen LogP contribution is 2.10. The van der Waals surface area contributed by atoms with Gasteiger partial charge in [-0.05, 0) is 39.5 Å². The van der Waals surface area contributed by atoms with Crippen molar-refractivity contribution >= 4 is 12.1 Å². The molecule has 0 aromatic rings. The molecule has 0 aromatic heterocycles. The van der Waals surface area contributed by atoms with Crippen LogP contribution in [-0.2, 0) is 14.3 Å². The van der Waals surface area contributed by atoms with Gasteiger partial charge in [0.15, 0.2) is 0 Å². The van der Waals surface area contributed by atoms with Crippen LogP contribution in [0.1, 0.15) is 53.9 Å². The van der Waals surface area contributed by atoms with Crippen LogP contribution in [0.15, 0.2) is 0 Å². The van der Waals surface area contributed by atoms with Crippen LogP contribution >= 0.6 is 0 Å². The number of aliphatic hydroxyl groups excluding tert-OH is 1. The Kier molecular flexibility index (Phi) is 9.01. The summed E-state index contributed by atoms with van der Waals surface area (Å²) in [5.41, 5.74) is -0.565. The van der Waals surface area contributed by atoms with Crippen molar-refractivity contribution in [2.24, 2.45) is 5.92 Å². The predicted octanol–water partition coefficient (Wildman–Crippen LogP) is 2.24. The van der Waals surface area contributed by atoms with E-state index in [1.165, 1.54) is 0 Å². The van der Waals surface area contributed by atoms with Crippen LogP contribution in [0.3, 0.4) is 0 Å². The normalized spacial score (nSPS) is 12.9. The Balaban J connectivity index is 4.32. The number of alkyl carbamates (subject to hydrolysis) is 1. The average Bonchev–Trinajstić information content (AvgIpc) is 2.30. The highest BCUT2D eigenvalue weighted by atomic mass is 16.6. The van der Waals surface area contributed by atoms with Crippen molar-refractivity contribution in [3.8, 4) is 0 Å². The number of rotatable bonds is 8. The van der Waals surface area contributed by atoms with Crippen molar-refractivity contribution < 1.29 is 24.2 Å². The van der Waals surface area contributed by atoms with Gasteiger partial charge in [-0.2, -0.15) is 0 Å². The highest BCUT2D eigenvalue weighted by molar-refractivity contribution is 5.70. The van der Waals surface area contributed by atoms with E-state index in [1.54, 1.807) is 20.8 Å². The van der Waals surface area contributed by atoms with E-state index in [0.717, 1.165) is 0 Å². The first-order valence-electron chi connectivity index (χ1n) is 7.40. The molecule has 124 valence electrons. The van der Waals surface area contributed by atoms with E-state index in [-0.39, 0.29) is 31.6 Å². The van der Waals surface area contributed by atoms with Crippen molar-refractivity contribution in [1.29, 1.82) is 0 Å². The maximum absolute atomic E-state index is 11.8. The molecule has 0 fully saturated rings. The molecule has 2 N–H and O–H groups in total. The third-order valence-electron chi connectivity index (χ3n) is 2.46. The molecule has 0 saturated heterocycles. The summed E-state index contributed by atoms with van der Waals surface area (Å²) in [4.78, 5) is 23.2. The average molecular weight is 303 g/mol. The fourth-order valence-electron chi connectivity index (χ4n) is 1.70. The number of amides is 1. The summed E-state index contributed by atoms with van der Waals surface area (Å²) in [5, 5.41) is 11.4. The van der Waals surface area contributed by atoms with E-state index in [0.29, 0.717) is 18.8 Å². The third kappa shape index (κ3) is 12.2. The van der Waals surface area contributed by atoms with Crippen molar-refractivity contribution in [1.82, 2.24) is 5.32 Å². The number of carbonyl (C=O) groups is 2. The molecular formula is C15H29NO5. The minimum absolute atomic E-state index is 0.0410. The summed E-state index contributed by atoms with van der Waals surface area (Å²) in [6.07, 6.45) is 0.733. The number of esters is 1. The summed E-state index contributed by atoms with van der Waals surface area (Å²) >= 11 is 0. The second-order valence-electron chi connectivity index (χ2n) is 6.48. The molecule has 0 radical (unpaired) electrons. The maximum atomic E-state index is 11.8. The number of aliphatic hydroxyl groups is 1. The van der Waals surface area contributed by atoms with Crippen LogP contribution in [-0.4, -0.2) is 42.0 Å². The zero-order valence-corrected chi connectivity index (χ0v) is 13.8. The second-order valence-corrected chi connectivity index (χ2v) is 6.48. The lowest BCUT2D eigenvalue weighted by Gasteiger charge is -2.24. The summed E-state index contributed by atoms with van der Waals surface area (Å²) in [6, 6.07) is -0.280. The first-order valence-corrected chi connectivity index (χ1v) is 7.40. The Morgan fingerprint density at radius 3 is 2.33 bits per heavy atom. The molecule has 0 saturated carbocycles. The van der Waals surface area contributed by atoms with Gasteiger partial charge in [0.25, 0.3) is 0 Å². The number of ether oxygens (including phenoxy) is 2. The quantitative estimate of drug-likeness (QED) is 0.672. The number of carbonyl (C=O) groups excluding carboxylic acids is 2. The Bertz CT molecular complexity index is 323. The molecule has 21 heavy (non-hydrogen) atoms. The number of hydrogen-bond donors (Lipinski definition) is 2. The summed E-state index contributed by atoms with van der Waals surface area (Å²) < 4.78 is 10.3. The topological polar surface area (TPSA) is 84.9 Å². The molecule has 0 aromatic carbocycles. The molecule has 6 nitrogen and oxygen atoms in total. The van der Waals surface area contributed by atoms with Crippen LogP contribution < -0.4 is 5.32 Å². The van der Waals surface area contributed by atoms with Crippen LogP contribution in [0.2, 0.25) is 0 Å². The minimum atomic E-state index is -0.565. The Hall–Kier alpha value is -1.30. The molecule has 6 heteroatoms. The monoisotopic (exact) mass is 303 g/mol. The van der Waals surface area contributed by atoms with Gasteiger partial charge in [-0.3, -0.25) is 4.79 Å². The van der Waals surface area contributed by atoms with Gasteiger partial charge < -0.3 is 19.9 Å². The minimum Gasteiger partial charge on any atom is -0.463 e. The molecule has 1 unspecified atom stereocenters. The van der Waals surface area contributed by atoms with E-state index in [1.807, 2.05) is 13.8 Å². The third-order valence-corrected chi connectivity index (χ3v) is 2.46. The fraction of sp³-hybridized carbons (Fsp3) is 0.867. The van der Waals surface area contributed by atoms with Gasteiger partial charge >= 0.3 is 12.1 Å². The first-order chi connectivity index (χ1) is 9.64. The maximum Gasteiger partial charge on any atom is 0.407 e. The smallest absolute Gasteiger partial charge is 0.407 e. The summed E-state index contributed by atoms with van der Waals surface area (Å²) in [5.74, 6) is -0.0233. The molecule has 0 aliphatic carbocycles. The molecule has 0 rings (SSSR count). The Morgan fingerprint density at radius 1 is 1.24 bits per heavy atom. The summed E-state index contributed by atoms with van der Waals surface area (Å²) in [6.45, 7) is 9.49. The van der Waals surface area contributed by atoms with E-state index in [4.69, 9.17) is 14.6 Å². The van der Waals surface area contributed by atoms with Crippen molar-refractivity contribution in [2.45, 2.75) is 65.5 Å². The van der Waals surface area contributed by atoms with Gasteiger partial charge in [0.2, 0.25) is 0 Å². The molecule has 0 aliphatic rings. The largest absolute Gasteiger partial charge is 0.463 e. The number of hydrogen-bond acceptors (Lipinski definition) is 5. The molecular weight excluding hydrogens is 274 g/mol. The zero-order valence-electron chi connectivity index (χ0n) is 13.8. The van der Waals surface area contributed by atoms with Gasteiger partial charge in [0.05, 0.1) is 6.04 Å². The van der Waals surface area contributed by atoms with Crippen molar-refractivity contribution in [2.75, 3.05) is 13.2 Å². The number of nitrogens with one attached hydrogen (secondary N) is 1. The Morgan fingerprint density at radius 2 is 1.86 bits per heavy atom. The molecule has 1 atom stereocenters. The van der Waals surface area contributed by atoms with Gasteiger partial charge in [-0.15, -0.1) is 0 Å². The summed E-state index contributed by atoms with van der Waals surface area (Å²) in [7, 11) is 0. The molecule has 0 heterocycles. The highest BCUT2D eigenvalue weighted by Gasteiger charge is 2.21. The van der Waals surface area contributed by atoms with Gasteiger partial charge in [0, 0.05) is 13.0 Å². The molecule has 0 aliphatic heterocycles. The lowest BCUT2D eigenvalue weighted by Crippen LogP contribution is -2.42. The van der Waals surface area contributed by atoms with E-state index in [2.05, 4.69) is 5.32 Å². The molecule has 1 amide bonds. The molecule has 0 bridgehead atoms. The second kappa shape index (κ2) is 9.60. The SMILES string of the molecule is CC(C)CC(COC(=O)CCCO)NC(=O)OC(C)(C)C. The lowest BCUT2D eigenvalue weighted by molar-refractivity contribution is -0.144. The first kappa shape index (κ1) is 19.7. The zero-order chi connectivity index (χ0) is 16.5. The van der Waals surface area contributed by atoms with E-state index < -0.39 is 11.7 Å². The van der Waals surface area contributed by atoms with Crippen molar-refractivity contribution in [3.63, 3.8) is 0 Å². The van der Waals surface area contributed by atoms with E-state index >= 15 is 0 Å². The van der Waals surface area contributed by atoms with E-state index in [9.17, 15) is 9.59 Å². The van der Waals surface area contributed by atoms with Gasteiger partial charge in [0.1, 0.15) is 12.2 Å². The predicted molar refractivity (Wildman–Crippen MR) is 79.9 cm³/mol.